The van der Waals surface area contributed by atoms with E-state index >= 15 is 0 Å². The molecule has 8 nitrogen and oxygen atoms in total. The molecule has 3 heterocycles. The molecule has 2 N–H and O–H groups in total. The average molecular weight is 675 g/mol. The lowest BCUT2D eigenvalue weighted by Crippen LogP contribution is -2.79. The van der Waals surface area contributed by atoms with Gasteiger partial charge in [0.15, 0.2) is 6.35 Å². The molecule has 7 atom stereocenters. The highest BCUT2D eigenvalue weighted by Gasteiger charge is 2.60. The maximum Gasteiger partial charge on any atom is 0.246 e. The molecule has 268 valence electrons. The highest BCUT2D eigenvalue weighted by Crippen LogP contribution is 2.57. The number of fused-ring (bicyclic) bond motifs is 2. The van der Waals surface area contributed by atoms with Crippen LogP contribution < -0.4 is 10.6 Å². The Bertz CT molecular complexity index is 1380. The summed E-state index contributed by atoms with van der Waals surface area (Å²) in [6.07, 6.45) is 19.4. The first-order valence-electron chi connectivity index (χ1n) is 19.5. The highest BCUT2D eigenvalue weighted by molar-refractivity contribution is 5.87. The number of ether oxygens (including phenoxy) is 1. The number of amides is 1. The van der Waals surface area contributed by atoms with Gasteiger partial charge in [0.05, 0.1) is 31.3 Å². The standard InChI is InChI=1S/C40H59FN6O2/c1-3-36(48)47-23-22-46(26-33(47)17-20-42)37-35-16-19-39(18-15-29-24-32(41)14-13-30(29)25-39)28-40(35,31-10-7-5-4-6-8-11-31)44-38(43-37)49-27-34-12-9-21-45(34)2/h3,13-14,24,31,33-35,37-38,43-44H,1,4-12,15-19,21-23,25-28H2,2H3/t33-,34-,35?,37?,38?,39+,40?/m1/s1. The lowest BCUT2D eigenvalue weighted by Gasteiger charge is -2.64. The molecule has 5 fully saturated rings. The highest BCUT2D eigenvalue weighted by atomic mass is 19.1. The van der Waals surface area contributed by atoms with Crippen molar-refractivity contribution in [2.75, 3.05) is 39.8 Å². The third kappa shape index (κ3) is 7.23. The van der Waals surface area contributed by atoms with Crippen LogP contribution in [0.25, 0.3) is 0 Å². The minimum absolute atomic E-state index is 0.0824. The Labute approximate surface area is 293 Å². The van der Waals surface area contributed by atoms with E-state index in [0.717, 1.165) is 51.6 Å². The van der Waals surface area contributed by atoms with Crippen LogP contribution in [0.1, 0.15) is 101 Å². The van der Waals surface area contributed by atoms with Gasteiger partial charge in [-0.1, -0.05) is 44.7 Å². The first-order valence-corrected chi connectivity index (χ1v) is 19.5. The van der Waals surface area contributed by atoms with Crippen molar-refractivity contribution in [3.8, 4) is 6.07 Å². The van der Waals surface area contributed by atoms with Crippen molar-refractivity contribution in [3.63, 3.8) is 0 Å². The smallest absolute Gasteiger partial charge is 0.246 e. The molecule has 6 aliphatic rings. The molecule has 0 bridgehead atoms. The number of halogens is 1. The number of nitriles is 1. The predicted octanol–water partition coefficient (Wildman–Crippen LogP) is 5.73. The molecule has 7 rings (SSSR count). The Morgan fingerprint density at radius 3 is 2.63 bits per heavy atom. The summed E-state index contributed by atoms with van der Waals surface area (Å²) < 4.78 is 21.2. The van der Waals surface area contributed by atoms with Crippen molar-refractivity contribution >= 4 is 5.91 Å². The van der Waals surface area contributed by atoms with E-state index < -0.39 is 0 Å². The van der Waals surface area contributed by atoms with Crippen LogP contribution in [0.5, 0.6) is 0 Å². The average Bonchev–Trinajstić information content (AvgIpc) is 3.50. The van der Waals surface area contributed by atoms with E-state index in [1.165, 1.54) is 75.0 Å². The van der Waals surface area contributed by atoms with Gasteiger partial charge in [-0.05, 0) is 118 Å². The van der Waals surface area contributed by atoms with Crippen LogP contribution in [0.15, 0.2) is 30.9 Å². The summed E-state index contributed by atoms with van der Waals surface area (Å²) in [7, 11) is 2.22. The Balaban J connectivity index is 1.24. The first kappa shape index (κ1) is 35.1. The molecule has 1 aromatic rings. The SMILES string of the molecule is C=CC(=O)N1CCN(C2NC(OC[C@H]3CCCN3C)NC3(C4CCCCCCC4)C[C@@]4(CCc5cc(F)ccc5C4)CCC23)C[C@H]1CC#N. The fourth-order valence-corrected chi connectivity index (χ4v) is 11.2. The van der Waals surface area contributed by atoms with E-state index in [2.05, 4.69) is 46.2 Å². The molecular formula is C40H59FN6O2. The summed E-state index contributed by atoms with van der Waals surface area (Å²) in [5.41, 5.74) is 2.60. The number of aryl methyl sites for hydroxylation is 1. The number of likely N-dealkylation sites (N-methyl/N-ethyl adjacent to an activating group) is 1. The summed E-state index contributed by atoms with van der Waals surface area (Å²) in [4.78, 5) is 19.7. The Kier molecular flexibility index (Phi) is 10.8. The Morgan fingerprint density at radius 1 is 1.06 bits per heavy atom. The lowest BCUT2D eigenvalue weighted by molar-refractivity contribution is -0.166. The van der Waals surface area contributed by atoms with Crippen molar-refractivity contribution in [3.05, 3.63) is 47.8 Å². The molecule has 0 aromatic heterocycles. The molecule has 2 saturated carbocycles. The van der Waals surface area contributed by atoms with Crippen molar-refractivity contribution < 1.29 is 13.9 Å². The van der Waals surface area contributed by atoms with E-state index in [9.17, 15) is 14.4 Å². The second kappa shape index (κ2) is 15.1. The summed E-state index contributed by atoms with van der Waals surface area (Å²) >= 11 is 0. The van der Waals surface area contributed by atoms with Crippen molar-refractivity contribution in [2.45, 2.75) is 133 Å². The molecule has 1 aromatic carbocycles. The number of carbonyl (C=O) groups excluding carboxylic acids is 1. The molecule has 3 aliphatic heterocycles. The molecule has 4 unspecified atom stereocenters. The van der Waals surface area contributed by atoms with Crippen LogP contribution >= 0.6 is 0 Å². The third-order valence-electron chi connectivity index (χ3n) is 13.7. The fourth-order valence-electron chi connectivity index (χ4n) is 11.2. The van der Waals surface area contributed by atoms with Crippen molar-refractivity contribution in [1.82, 2.24) is 25.3 Å². The number of likely N-dealkylation sites (tertiary alicyclic amines) is 1. The third-order valence-corrected chi connectivity index (χ3v) is 13.7. The largest absolute Gasteiger partial charge is 0.348 e. The van der Waals surface area contributed by atoms with Gasteiger partial charge < -0.3 is 14.5 Å². The molecule has 49 heavy (non-hydrogen) atoms. The fraction of sp³-hybridized carbons (Fsp3) is 0.750. The van der Waals surface area contributed by atoms with E-state index in [1.807, 2.05) is 4.90 Å². The summed E-state index contributed by atoms with van der Waals surface area (Å²) in [5, 5.41) is 18.1. The van der Waals surface area contributed by atoms with Crippen LogP contribution in [0.2, 0.25) is 0 Å². The number of nitrogens with one attached hydrogen (secondary N) is 2. The maximum absolute atomic E-state index is 14.3. The van der Waals surface area contributed by atoms with Crippen LogP contribution in [0.3, 0.4) is 0 Å². The molecule has 1 amide bonds. The number of hydrogen-bond donors (Lipinski definition) is 2. The number of nitrogens with zero attached hydrogens (tertiary/aromatic N) is 4. The summed E-state index contributed by atoms with van der Waals surface area (Å²) in [6.45, 7) is 7.60. The monoisotopic (exact) mass is 674 g/mol. The van der Waals surface area contributed by atoms with E-state index in [0.29, 0.717) is 44.0 Å². The van der Waals surface area contributed by atoms with Gasteiger partial charge >= 0.3 is 0 Å². The molecule has 3 saturated heterocycles. The van der Waals surface area contributed by atoms with Crippen LogP contribution in [-0.2, 0) is 22.4 Å². The molecule has 1 spiro atoms. The number of hydrogen-bond acceptors (Lipinski definition) is 7. The van der Waals surface area contributed by atoms with Gasteiger partial charge in [0, 0.05) is 37.1 Å². The van der Waals surface area contributed by atoms with Gasteiger partial charge in [-0.3, -0.25) is 20.3 Å². The number of benzene rings is 1. The van der Waals surface area contributed by atoms with Crippen LogP contribution in [0, 0.1) is 34.4 Å². The summed E-state index contributed by atoms with van der Waals surface area (Å²) in [5.74, 6) is 0.717. The minimum atomic E-state index is -0.275. The molecule has 0 radical (unpaired) electrons. The Hall–Kier alpha value is -2.35. The molecular weight excluding hydrogens is 615 g/mol. The topological polar surface area (TPSA) is 83.9 Å². The normalized spacial score (nSPS) is 36.3. The van der Waals surface area contributed by atoms with Gasteiger partial charge in [0.2, 0.25) is 5.91 Å². The van der Waals surface area contributed by atoms with Crippen molar-refractivity contribution in [2.24, 2.45) is 17.3 Å². The summed E-state index contributed by atoms with van der Waals surface area (Å²) in [6, 6.07) is 8.13. The van der Waals surface area contributed by atoms with Gasteiger partial charge in [-0.15, -0.1) is 0 Å². The quantitative estimate of drug-likeness (QED) is 0.358. The second-order valence-corrected chi connectivity index (χ2v) is 16.5. The zero-order valence-electron chi connectivity index (χ0n) is 29.8. The van der Waals surface area contributed by atoms with E-state index in [4.69, 9.17) is 4.74 Å². The number of rotatable bonds is 7. The zero-order valence-corrected chi connectivity index (χ0v) is 29.8. The lowest BCUT2D eigenvalue weighted by atomic mass is 9.51. The van der Waals surface area contributed by atoms with Crippen molar-refractivity contribution in [1.29, 1.82) is 5.26 Å². The van der Waals surface area contributed by atoms with Gasteiger partial charge in [-0.2, -0.15) is 5.26 Å². The first-order chi connectivity index (χ1) is 23.8. The van der Waals surface area contributed by atoms with Gasteiger partial charge in [-0.25, -0.2) is 4.39 Å². The van der Waals surface area contributed by atoms with Gasteiger partial charge in [0.25, 0.3) is 0 Å². The Morgan fingerprint density at radius 2 is 1.88 bits per heavy atom. The predicted molar refractivity (Wildman–Crippen MR) is 190 cm³/mol. The number of carbonyl (C=O) groups is 1. The van der Waals surface area contributed by atoms with E-state index in [-0.39, 0.29) is 41.2 Å². The van der Waals surface area contributed by atoms with Crippen LogP contribution in [0.4, 0.5) is 4.39 Å². The number of piperazine rings is 1. The van der Waals surface area contributed by atoms with Gasteiger partial charge in [0.1, 0.15) is 5.82 Å². The zero-order chi connectivity index (χ0) is 34.0. The second-order valence-electron chi connectivity index (χ2n) is 16.5. The molecule has 3 aliphatic carbocycles. The van der Waals surface area contributed by atoms with Crippen LogP contribution in [-0.4, -0.2) is 90.6 Å². The van der Waals surface area contributed by atoms with E-state index in [1.54, 1.807) is 12.1 Å². The minimum Gasteiger partial charge on any atom is -0.348 e. The maximum atomic E-state index is 14.3. The molecule has 9 heteroatoms.